The zero-order valence-corrected chi connectivity index (χ0v) is 17.3. The minimum Gasteiger partial charge on any atom is -0.507 e. The summed E-state index contributed by atoms with van der Waals surface area (Å²) in [6, 6.07) is 5.11. The Hall–Kier alpha value is -1.35. The van der Waals surface area contributed by atoms with Crippen LogP contribution in [0.4, 0.5) is 0 Å². The van der Waals surface area contributed by atoms with Gasteiger partial charge in [0, 0.05) is 22.1 Å². The fourth-order valence-electron chi connectivity index (χ4n) is 4.04. The topological polar surface area (TPSA) is 76.1 Å². The van der Waals surface area contributed by atoms with Gasteiger partial charge in [-0.3, -0.25) is 9.69 Å². The van der Waals surface area contributed by atoms with Crippen LogP contribution in [0.5, 0.6) is 5.75 Å². The number of carbonyl (C=O) groups is 2. The van der Waals surface area contributed by atoms with E-state index in [1.54, 1.807) is 12.1 Å². The molecule has 1 N–H and O–H groups in total. The van der Waals surface area contributed by atoms with Crippen molar-refractivity contribution in [3.05, 3.63) is 27.3 Å². The number of phenolic OH excluding ortho intramolecular Hbond substituents is 1. The lowest BCUT2D eigenvalue weighted by atomic mass is 9.87. The average Bonchev–Trinajstić information content (AvgIpc) is 2.78. The Morgan fingerprint density at radius 1 is 1.31 bits per heavy atom. The maximum Gasteiger partial charge on any atom is 0.342 e. The third-order valence-corrected chi connectivity index (χ3v) is 5.95. The Balaban J connectivity index is 1.81. The van der Waals surface area contributed by atoms with Gasteiger partial charge < -0.3 is 14.6 Å². The average molecular weight is 473 g/mol. The second-order valence-corrected chi connectivity index (χ2v) is 8.56. The molecule has 0 radical (unpaired) electrons. The summed E-state index contributed by atoms with van der Waals surface area (Å²) in [4.78, 5) is 27.5. The van der Waals surface area contributed by atoms with E-state index in [1.165, 1.54) is 6.07 Å². The van der Waals surface area contributed by atoms with Crippen molar-refractivity contribution in [2.75, 3.05) is 7.05 Å². The van der Waals surface area contributed by atoms with Crippen molar-refractivity contribution < 1.29 is 24.2 Å². The second kappa shape index (κ2) is 7.72. The summed E-state index contributed by atoms with van der Waals surface area (Å²) in [6.07, 6.45) is 1.71. The van der Waals surface area contributed by atoms with E-state index in [-0.39, 0.29) is 29.4 Å². The molecule has 1 aromatic rings. The molecule has 142 valence electrons. The monoisotopic (exact) mass is 473 g/mol. The molecular formula is C19H24INO5. The lowest BCUT2D eigenvalue weighted by molar-refractivity contribution is -0.162. The summed E-state index contributed by atoms with van der Waals surface area (Å²) in [5.41, 5.74) is 0.118. The molecule has 2 bridgehead atoms. The number of ether oxygens (including phenoxy) is 2. The van der Waals surface area contributed by atoms with Gasteiger partial charge in [-0.15, -0.1) is 0 Å². The van der Waals surface area contributed by atoms with Crippen LogP contribution >= 0.6 is 22.6 Å². The predicted molar refractivity (Wildman–Crippen MR) is 104 cm³/mol. The molecule has 2 saturated heterocycles. The molecule has 2 aliphatic heterocycles. The van der Waals surface area contributed by atoms with E-state index < -0.39 is 18.0 Å². The van der Waals surface area contributed by atoms with Crippen LogP contribution in [0.3, 0.4) is 0 Å². The van der Waals surface area contributed by atoms with Crippen LogP contribution < -0.4 is 0 Å². The number of benzene rings is 1. The highest BCUT2D eigenvalue weighted by Gasteiger charge is 2.51. The molecule has 2 fully saturated rings. The molecule has 0 unspecified atom stereocenters. The third kappa shape index (κ3) is 3.83. The van der Waals surface area contributed by atoms with Gasteiger partial charge in [-0.05, 0) is 74.5 Å². The standard InChI is InChI=1S/C19H24INO5/c1-10(2)25-19(24)17-14-7-5-12(21(14)3)9-16(17)26-18(23)13-6-4-11(20)8-15(13)22/h4,6,8,10,12,14,16-17,22H,5,7,9H2,1-3H3/t12-,14+,16+,17-/m1/s1. The van der Waals surface area contributed by atoms with Gasteiger partial charge in [-0.25, -0.2) is 4.79 Å². The number of nitrogens with zero attached hydrogens (tertiary/aromatic N) is 1. The van der Waals surface area contributed by atoms with E-state index in [1.807, 2.05) is 20.9 Å². The third-order valence-electron chi connectivity index (χ3n) is 5.28. The zero-order chi connectivity index (χ0) is 19.0. The van der Waals surface area contributed by atoms with E-state index in [9.17, 15) is 14.7 Å². The summed E-state index contributed by atoms with van der Waals surface area (Å²) in [5.74, 6) is -1.53. The van der Waals surface area contributed by atoms with Crippen LogP contribution in [0.1, 0.15) is 43.5 Å². The van der Waals surface area contributed by atoms with Crippen molar-refractivity contribution in [3.8, 4) is 5.75 Å². The quantitative estimate of drug-likeness (QED) is 0.536. The molecule has 7 heteroatoms. The summed E-state index contributed by atoms with van der Waals surface area (Å²) in [7, 11) is 2.01. The first-order valence-corrected chi connectivity index (χ1v) is 9.97. The molecule has 0 saturated carbocycles. The molecule has 1 aromatic carbocycles. The van der Waals surface area contributed by atoms with Gasteiger partial charge in [0.2, 0.25) is 0 Å². The minimum atomic E-state index is -0.602. The van der Waals surface area contributed by atoms with Crippen molar-refractivity contribution >= 4 is 34.5 Å². The number of carbonyl (C=O) groups excluding carboxylic acids is 2. The molecule has 2 aliphatic rings. The van der Waals surface area contributed by atoms with Gasteiger partial charge in [0.05, 0.1) is 6.10 Å². The maximum absolute atomic E-state index is 12.7. The summed E-state index contributed by atoms with van der Waals surface area (Å²) in [6.45, 7) is 3.62. The number of hydrogen-bond donors (Lipinski definition) is 1. The molecule has 3 rings (SSSR count). The number of esters is 2. The first-order valence-electron chi connectivity index (χ1n) is 8.90. The van der Waals surface area contributed by atoms with Gasteiger partial charge in [0.25, 0.3) is 0 Å². The molecule has 26 heavy (non-hydrogen) atoms. The van der Waals surface area contributed by atoms with Gasteiger partial charge >= 0.3 is 11.9 Å². The van der Waals surface area contributed by atoms with E-state index >= 15 is 0 Å². The van der Waals surface area contributed by atoms with Crippen LogP contribution in [0, 0.1) is 9.49 Å². The van der Waals surface area contributed by atoms with Crippen molar-refractivity contribution in [1.29, 1.82) is 0 Å². The Morgan fingerprint density at radius 3 is 2.69 bits per heavy atom. The Morgan fingerprint density at radius 2 is 2.04 bits per heavy atom. The van der Waals surface area contributed by atoms with Crippen molar-refractivity contribution in [2.45, 2.75) is 57.4 Å². The van der Waals surface area contributed by atoms with E-state index in [4.69, 9.17) is 9.47 Å². The number of phenols is 1. The first kappa shape index (κ1) is 19.4. The number of halogens is 1. The van der Waals surface area contributed by atoms with Crippen LogP contribution in [0.25, 0.3) is 0 Å². The van der Waals surface area contributed by atoms with Crippen molar-refractivity contribution in [2.24, 2.45) is 5.92 Å². The Bertz CT molecular complexity index is 707. The predicted octanol–water partition coefficient (Wildman–Crippen LogP) is 2.96. The number of aromatic hydroxyl groups is 1. The highest BCUT2D eigenvalue weighted by molar-refractivity contribution is 14.1. The Labute approximate surface area is 167 Å². The highest BCUT2D eigenvalue weighted by atomic mass is 127. The number of hydrogen-bond acceptors (Lipinski definition) is 6. The highest BCUT2D eigenvalue weighted by Crippen LogP contribution is 2.40. The maximum atomic E-state index is 12.7. The summed E-state index contributed by atoms with van der Waals surface area (Å²) < 4.78 is 12.0. The van der Waals surface area contributed by atoms with Gasteiger partial charge in [0.15, 0.2) is 0 Å². The summed E-state index contributed by atoms with van der Waals surface area (Å²) in [5, 5.41) is 10.0. The van der Waals surface area contributed by atoms with Crippen molar-refractivity contribution in [1.82, 2.24) is 4.90 Å². The van der Waals surface area contributed by atoms with Gasteiger partial charge in [-0.1, -0.05) is 0 Å². The largest absolute Gasteiger partial charge is 0.507 e. The molecule has 4 atom stereocenters. The van der Waals surface area contributed by atoms with E-state index in [0.717, 1.165) is 16.4 Å². The minimum absolute atomic E-state index is 0.0168. The van der Waals surface area contributed by atoms with Crippen LogP contribution in [0.2, 0.25) is 0 Å². The normalized spacial score (nSPS) is 28.2. The molecular weight excluding hydrogens is 449 g/mol. The molecule has 0 amide bonds. The van der Waals surface area contributed by atoms with Crippen molar-refractivity contribution in [3.63, 3.8) is 0 Å². The first-order chi connectivity index (χ1) is 12.3. The SMILES string of the molecule is CC(C)OC(=O)[C@H]1[C@@H](OC(=O)c2ccc(I)cc2O)C[C@H]2CC[C@@H]1N2C. The molecule has 0 spiro atoms. The molecule has 0 aliphatic carbocycles. The van der Waals surface area contributed by atoms with Gasteiger partial charge in [-0.2, -0.15) is 0 Å². The number of fused-ring (bicyclic) bond motifs is 2. The molecule has 6 nitrogen and oxygen atoms in total. The number of rotatable bonds is 4. The lowest BCUT2D eigenvalue weighted by Gasteiger charge is -2.41. The number of piperidine rings is 1. The fraction of sp³-hybridized carbons (Fsp3) is 0.579. The molecule has 0 aromatic heterocycles. The van der Waals surface area contributed by atoms with Crippen LogP contribution in [0.15, 0.2) is 18.2 Å². The van der Waals surface area contributed by atoms with Crippen LogP contribution in [-0.2, 0) is 14.3 Å². The van der Waals surface area contributed by atoms with E-state index in [0.29, 0.717) is 12.5 Å². The summed E-state index contributed by atoms with van der Waals surface area (Å²) >= 11 is 2.06. The Kier molecular flexibility index (Phi) is 5.76. The van der Waals surface area contributed by atoms with Gasteiger partial charge in [0.1, 0.15) is 23.3 Å². The second-order valence-electron chi connectivity index (χ2n) is 7.32. The van der Waals surface area contributed by atoms with Crippen LogP contribution in [-0.4, -0.2) is 53.3 Å². The zero-order valence-electron chi connectivity index (χ0n) is 15.1. The molecule has 2 heterocycles. The van der Waals surface area contributed by atoms with E-state index in [2.05, 4.69) is 27.5 Å². The fourth-order valence-corrected chi connectivity index (χ4v) is 4.52. The smallest absolute Gasteiger partial charge is 0.342 e. The lowest BCUT2D eigenvalue weighted by Crippen LogP contribution is -2.54.